The molecule has 20 heavy (non-hydrogen) atoms. The van der Waals surface area contributed by atoms with Crippen LogP contribution in [0.25, 0.3) is 0 Å². The van der Waals surface area contributed by atoms with Crippen LogP contribution in [0.15, 0.2) is 45.5 Å². The average Bonchev–Trinajstić information content (AvgIpc) is 2.41. The van der Waals surface area contributed by atoms with Crippen LogP contribution in [0.5, 0.6) is 0 Å². The smallest absolute Gasteiger partial charge is 0.0423 e. The molecule has 2 aromatic rings. The summed E-state index contributed by atoms with van der Waals surface area (Å²) in [5.41, 5.74) is 2.25. The van der Waals surface area contributed by atoms with Crippen LogP contribution in [-0.2, 0) is 6.42 Å². The summed E-state index contributed by atoms with van der Waals surface area (Å²) in [6.45, 7) is 3.00. The second-order valence-corrected chi connectivity index (χ2v) is 6.65. The number of hydrogen-bond acceptors (Lipinski definition) is 2. The van der Waals surface area contributed by atoms with Crippen molar-refractivity contribution in [3.8, 4) is 0 Å². The quantitative estimate of drug-likeness (QED) is 0.726. The molecule has 5 heteroatoms. The van der Waals surface area contributed by atoms with E-state index in [0.717, 1.165) is 32.6 Å². The van der Waals surface area contributed by atoms with Crippen molar-refractivity contribution in [3.05, 3.63) is 61.8 Å². The minimum atomic E-state index is 0.209. The highest BCUT2D eigenvalue weighted by molar-refractivity contribution is 9.10. The van der Waals surface area contributed by atoms with Gasteiger partial charge in [-0.3, -0.25) is 4.98 Å². The van der Waals surface area contributed by atoms with Gasteiger partial charge in [0.1, 0.15) is 0 Å². The molecule has 0 aliphatic carbocycles. The number of nitrogens with one attached hydrogen (secondary N) is 1. The highest BCUT2D eigenvalue weighted by Crippen LogP contribution is 2.28. The van der Waals surface area contributed by atoms with Crippen molar-refractivity contribution in [2.75, 3.05) is 6.54 Å². The summed E-state index contributed by atoms with van der Waals surface area (Å²) in [5.74, 6) is 0. The van der Waals surface area contributed by atoms with Gasteiger partial charge in [-0.05, 0) is 52.3 Å². The van der Waals surface area contributed by atoms with E-state index in [1.165, 1.54) is 5.56 Å². The van der Waals surface area contributed by atoms with Crippen LogP contribution >= 0.6 is 43.5 Å². The monoisotopic (exact) mass is 416 g/mol. The number of pyridine rings is 1. The molecule has 1 atom stereocenters. The van der Waals surface area contributed by atoms with E-state index in [2.05, 4.69) is 55.2 Å². The lowest BCUT2D eigenvalue weighted by Crippen LogP contribution is -2.23. The molecule has 1 aromatic heterocycles. The van der Waals surface area contributed by atoms with E-state index in [1.807, 2.05) is 30.5 Å². The Kier molecular flexibility index (Phi) is 6.02. The molecular formula is C15H15Br2ClN2. The number of likely N-dealkylation sites (N-methyl/N-ethyl adjacent to an activating group) is 1. The average molecular weight is 419 g/mol. The van der Waals surface area contributed by atoms with Crippen molar-refractivity contribution in [1.29, 1.82) is 0 Å². The predicted molar refractivity (Wildman–Crippen MR) is 91.2 cm³/mol. The van der Waals surface area contributed by atoms with Gasteiger partial charge in [0, 0.05) is 38.3 Å². The molecule has 2 nitrogen and oxygen atoms in total. The Labute approximate surface area is 141 Å². The molecule has 0 radical (unpaired) electrons. The fourth-order valence-corrected chi connectivity index (χ4v) is 3.25. The molecule has 0 fully saturated rings. The van der Waals surface area contributed by atoms with Gasteiger partial charge in [-0.2, -0.15) is 0 Å². The largest absolute Gasteiger partial charge is 0.310 e. The zero-order chi connectivity index (χ0) is 14.5. The van der Waals surface area contributed by atoms with E-state index in [0.29, 0.717) is 0 Å². The van der Waals surface area contributed by atoms with Crippen molar-refractivity contribution >= 4 is 43.5 Å². The van der Waals surface area contributed by atoms with E-state index in [4.69, 9.17) is 11.6 Å². The maximum atomic E-state index is 6.01. The standard InChI is InChI=1S/C15H15Br2ClN2/c1-2-19-15(8-12-5-3-10(16)9-20-12)13-6-4-11(18)7-14(13)17/h3-7,9,15,19H,2,8H2,1H3. The molecule has 1 N–H and O–H groups in total. The summed E-state index contributed by atoms with van der Waals surface area (Å²) < 4.78 is 2.02. The third-order valence-corrected chi connectivity index (χ3v) is 4.38. The third-order valence-electron chi connectivity index (χ3n) is 2.99. The van der Waals surface area contributed by atoms with E-state index >= 15 is 0 Å². The second kappa shape index (κ2) is 7.55. The molecule has 2 rings (SSSR count). The number of benzene rings is 1. The molecule has 0 bridgehead atoms. The van der Waals surface area contributed by atoms with Gasteiger partial charge in [-0.25, -0.2) is 0 Å². The maximum absolute atomic E-state index is 6.01. The molecule has 1 heterocycles. The van der Waals surface area contributed by atoms with E-state index in [9.17, 15) is 0 Å². The molecular weight excluding hydrogens is 403 g/mol. The molecule has 0 amide bonds. The minimum absolute atomic E-state index is 0.209. The Morgan fingerprint density at radius 3 is 2.65 bits per heavy atom. The molecule has 0 saturated heterocycles. The molecule has 0 spiro atoms. The van der Waals surface area contributed by atoms with Gasteiger partial charge in [0.25, 0.3) is 0 Å². The van der Waals surface area contributed by atoms with Crippen LogP contribution in [0.2, 0.25) is 5.02 Å². The zero-order valence-corrected chi connectivity index (χ0v) is 15.0. The molecule has 106 valence electrons. The number of halogens is 3. The second-order valence-electron chi connectivity index (χ2n) is 4.45. The van der Waals surface area contributed by atoms with E-state index in [-0.39, 0.29) is 6.04 Å². The third kappa shape index (κ3) is 4.29. The summed E-state index contributed by atoms with van der Waals surface area (Å²) in [4.78, 5) is 4.44. The van der Waals surface area contributed by atoms with Gasteiger partial charge in [-0.1, -0.05) is 40.5 Å². The topological polar surface area (TPSA) is 24.9 Å². The van der Waals surface area contributed by atoms with Crippen molar-refractivity contribution < 1.29 is 0 Å². The van der Waals surface area contributed by atoms with Gasteiger partial charge < -0.3 is 5.32 Å². The summed E-state index contributed by atoms with van der Waals surface area (Å²) in [6.07, 6.45) is 2.66. The van der Waals surface area contributed by atoms with Gasteiger partial charge in [0.05, 0.1) is 0 Å². The van der Waals surface area contributed by atoms with Crippen LogP contribution in [0.4, 0.5) is 0 Å². The maximum Gasteiger partial charge on any atom is 0.0423 e. The first-order chi connectivity index (χ1) is 9.60. The Morgan fingerprint density at radius 2 is 2.05 bits per heavy atom. The minimum Gasteiger partial charge on any atom is -0.310 e. The number of nitrogens with zero attached hydrogens (tertiary/aromatic N) is 1. The Bertz CT molecular complexity index is 573. The summed E-state index contributed by atoms with van der Waals surface area (Å²) in [6, 6.07) is 10.2. The Morgan fingerprint density at radius 1 is 1.25 bits per heavy atom. The molecule has 1 unspecified atom stereocenters. The lowest BCUT2D eigenvalue weighted by molar-refractivity contribution is 0.542. The van der Waals surface area contributed by atoms with Crippen molar-refractivity contribution in [2.24, 2.45) is 0 Å². The van der Waals surface area contributed by atoms with Gasteiger partial charge in [0.2, 0.25) is 0 Å². The lowest BCUT2D eigenvalue weighted by atomic mass is 10.0. The van der Waals surface area contributed by atoms with Crippen LogP contribution < -0.4 is 5.32 Å². The van der Waals surface area contributed by atoms with E-state index < -0.39 is 0 Å². The molecule has 0 aliphatic rings. The van der Waals surface area contributed by atoms with Crippen LogP contribution in [-0.4, -0.2) is 11.5 Å². The van der Waals surface area contributed by atoms with Gasteiger partial charge in [0.15, 0.2) is 0 Å². The van der Waals surface area contributed by atoms with Crippen LogP contribution in [0.1, 0.15) is 24.2 Å². The highest BCUT2D eigenvalue weighted by Gasteiger charge is 2.15. The first-order valence-electron chi connectivity index (χ1n) is 6.39. The fraction of sp³-hybridized carbons (Fsp3) is 0.267. The first kappa shape index (κ1) is 16.0. The van der Waals surface area contributed by atoms with Crippen molar-refractivity contribution in [2.45, 2.75) is 19.4 Å². The lowest BCUT2D eigenvalue weighted by Gasteiger charge is -2.19. The number of aromatic nitrogens is 1. The van der Waals surface area contributed by atoms with Crippen molar-refractivity contribution in [3.63, 3.8) is 0 Å². The summed E-state index contributed by atoms with van der Waals surface area (Å²) in [7, 11) is 0. The summed E-state index contributed by atoms with van der Waals surface area (Å²) in [5, 5.41) is 4.23. The van der Waals surface area contributed by atoms with Crippen LogP contribution in [0, 0.1) is 0 Å². The number of rotatable bonds is 5. The van der Waals surface area contributed by atoms with Crippen LogP contribution in [0.3, 0.4) is 0 Å². The first-order valence-corrected chi connectivity index (χ1v) is 8.35. The van der Waals surface area contributed by atoms with Gasteiger partial charge in [-0.15, -0.1) is 0 Å². The molecule has 0 saturated carbocycles. The Hall–Kier alpha value is -0.420. The highest BCUT2D eigenvalue weighted by atomic mass is 79.9. The zero-order valence-electron chi connectivity index (χ0n) is 11.0. The van der Waals surface area contributed by atoms with Gasteiger partial charge >= 0.3 is 0 Å². The summed E-state index contributed by atoms with van der Waals surface area (Å²) >= 11 is 13.0. The molecule has 0 aliphatic heterocycles. The van der Waals surface area contributed by atoms with E-state index in [1.54, 1.807) is 0 Å². The predicted octanol–water partition coefficient (Wildman–Crippen LogP) is 5.15. The normalized spacial score (nSPS) is 12.4. The molecule has 1 aromatic carbocycles. The van der Waals surface area contributed by atoms with Crippen molar-refractivity contribution in [1.82, 2.24) is 10.3 Å². The SMILES string of the molecule is CCNC(Cc1ccc(Br)cn1)c1ccc(Cl)cc1Br. The fourth-order valence-electron chi connectivity index (χ4n) is 2.06. The Balaban J connectivity index is 2.24. The number of hydrogen-bond donors (Lipinski definition) is 1.